The van der Waals surface area contributed by atoms with Gasteiger partial charge in [-0.15, -0.1) is 0 Å². The third kappa shape index (κ3) is 17.4. The molecule has 0 radical (unpaired) electrons. The van der Waals surface area contributed by atoms with Crippen molar-refractivity contribution in [1.29, 1.82) is 0 Å². The standard InChI is InChI=1S/C48H76ClN5O9/c1-17-29(5)40(46(60)61)51-39(55)27-52(14)45(59)38(26-35-21-23-36(49)24-22-35)54(16)44(58)34(10)50-42(56)37(25-28(3)4)53(15)43(57)32(8)20-19-31(7)33(9)41(30(6)18-2)63-47(62)48(11,12)13/h18,20-24,28-29,31,33-34,37-38,40-41H,17,19,25-27H2,1-16H3,(H,50,56)(H,51,55)(H,60,61)/b30-18+,32-20+/t29-,31-,33-,34-,37+,38+,40?,41+/m0/s1. The van der Waals surface area contributed by atoms with Crippen LogP contribution in [-0.4, -0.2) is 119 Å². The van der Waals surface area contributed by atoms with Crippen LogP contribution < -0.4 is 10.6 Å². The van der Waals surface area contributed by atoms with Gasteiger partial charge in [-0.25, -0.2) is 4.79 Å². The molecule has 0 saturated heterocycles. The first kappa shape index (κ1) is 56.3. The average Bonchev–Trinajstić information content (AvgIpc) is 3.22. The fourth-order valence-corrected chi connectivity index (χ4v) is 6.98. The monoisotopic (exact) mass is 902 g/mol. The average molecular weight is 903 g/mol. The van der Waals surface area contributed by atoms with E-state index in [1.54, 1.807) is 45.2 Å². The molecule has 1 unspecified atom stereocenters. The smallest absolute Gasteiger partial charge is 0.326 e. The van der Waals surface area contributed by atoms with Gasteiger partial charge >= 0.3 is 11.9 Å². The first-order chi connectivity index (χ1) is 29.1. The third-order valence-electron chi connectivity index (χ3n) is 11.8. The Morgan fingerprint density at radius 1 is 0.841 bits per heavy atom. The van der Waals surface area contributed by atoms with Crippen LogP contribution in [0.1, 0.15) is 115 Å². The van der Waals surface area contributed by atoms with Gasteiger partial charge in [-0.3, -0.25) is 28.8 Å². The molecule has 0 aliphatic heterocycles. The summed E-state index contributed by atoms with van der Waals surface area (Å²) < 4.78 is 5.98. The van der Waals surface area contributed by atoms with Crippen LogP contribution in [0.4, 0.5) is 0 Å². The molecule has 8 atom stereocenters. The molecule has 0 heterocycles. The number of halogens is 1. The summed E-state index contributed by atoms with van der Waals surface area (Å²) in [6.45, 7) is 23.5. The molecule has 0 fully saturated rings. The number of nitrogens with one attached hydrogen (secondary N) is 2. The summed E-state index contributed by atoms with van der Waals surface area (Å²) in [6, 6.07) is 2.41. The lowest BCUT2D eigenvalue weighted by Crippen LogP contribution is -2.57. The van der Waals surface area contributed by atoms with E-state index in [1.165, 1.54) is 30.8 Å². The molecular formula is C48H76ClN5O9. The van der Waals surface area contributed by atoms with Crippen LogP contribution >= 0.6 is 11.6 Å². The van der Waals surface area contributed by atoms with E-state index in [1.807, 2.05) is 81.4 Å². The Balaban J connectivity index is 3.30. The predicted octanol–water partition coefficient (Wildman–Crippen LogP) is 6.69. The lowest BCUT2D eigenvalue weighted by Gasteiger charge is -2.34. The van der Waals surface area contributed by atoms with Crippen molar-refractivity contribution in [3.05, 3.63) is 58.1 Å². The summed E-state index contributed by atoms with van der Waals surface area (Å²) in [5.74, 6) is -4.62. The molecule has 1 rings (SSSR count). The zero-order chi connectivity index (χ0) is 48.7. The predicted molar refractivity (Wildman–Crippen MR) is 247 cm³/mol. The van der Waals surface area contributed by atoms with Crippen LogP contribution in [0, 0.1) is 29.1 Å². The molecule has 0 spiro atoms. The van der Waals surface area contributed by atoms with Gasteiger partial charge in [0.2, 0.25) is 29.5 Å². The van der Waals surface area contributed by atoms with E-state index >= 15 is 0 Å². The van der Waals surface area contributed by atoms with E-state index in [0.29, 0.717) is 35.4 Å². The number of carbonyl (C=O) groups is 7. The van der Waals surface area contributed by atoms with Crippen molar-refractivity contribution >= 4 is 53.1 Å². The summed E-state index contributed by atoms with van der Waals surface area (Å²) >= 11 is 6.11. The van der Waals surface area contributed by atoms with Gasteiger partial charge in [0.05, 0.1) is 12.0 Å². The van der Waals surface area contributed by atoms with Gasteiger partial charge < -0.3 is 35.2 Å². The second-order valence-corrected chi connectivity index (χ2v) is 19.1. The Kier molecular flexibility index (Phi) is 22.8. The number of ether oxygens (including phenoxy) is 1. The number of aliphatic carboxylic acids is 1. The number of carboxylic acids is 1. The van der Waals surface area contributed by atoms with E-state index in [4.69, 9.17) is 16.3 Å². The minimum Gasteiger partial charge on any atom is -0.480 e. The molecule has 354 valence electrons. The van der Waals surface area contributed by atoms with Crippen LogP contribution in [0.2, 0.25) is 5.02 Å². The second-order valence-electron chi connectivity index (χ2n) is 18.6. The van der Waals surface area contributed by atoms with Crippen LogP contribution in [-0.2, 0) is 44.7 Å². The molecular weight excluding hydrogens is 826 g/mol. The number of hydrogen-bond acceptors (Lipinski definition) is 8. The van der Waals surface area contributed by atoms with Crippen molar-refractivity contribution < 1.29 is 43.4 Å². The van der Waals surface area contributed by atoms with E-state index < -0.39 is 71.8 Å². The normalized spacial score (nSPS) is 16.0. The van der Waals surface area contributed by atoms with Crippen molar-refractivity contribution in [3.8, 4) is 0 Å². The van der Waals surface area contributed by atoms with E-state index in [0.717, 1.165) is 10.5 Å². The number of rotatable bonds is 23. The molecule has 15 heteroatoms. The lowest BCUT2D eigenvalue weighted by atomic mass is 9.84. The molecule has 5 amide bonds. The van der Waals surface area contributed by atoms with Crippen LogP contribution in [0.25, 0.3) is 0 Å². The van der Waals surface area contributed by atoms with Crippen molar-refractivity contribution in [2.24, 2.45) is 29.1 Å². The highest BCUT2D eigenvalue weighted by molar-refractivity contribution is 6.30. The van der Waals surface area contributed by atoms with Crippen molar-refractivity contribution in [1.82, 2.24) is 25.3 Å². The highest BCUT2D eigenvalue weighted by Crippen LogP contribution is 2.29. The number of nitrogens with zero attached hydrogens (tertiary/aromatic N) is 3. The van der Waals surface area contributed by atoms with Gasteiger partial charge in [-0.1, -0.05) is 83.8 Å². The van der Waals surface area contributed by atoms with Gasteiger partial charge in [-0.2, -0.15) is 0 Å². The van der Waals surface area contributed by atoms with Gasteiger partial charge in [0.1, 0.15) is 30.3 Å². The fourth-order valence-electron chi connectivity index (χ4n) is 6.86. The van der Waals surface area contributed by atoms with E-state index in [9.17, 15) is 38.7 Å². The van der Waals surface area contributed by atoms with Gasteiger partial charge in [0.25, 0.3) is 0 Å². The number of amides is 5. The molecule has 1 aromatic rings. The van der Waals surface area contributed by atoms with Crippen molar-refractivity contribution in [3.63, 3.8) is 0 Å². The Morgan fingerprint density at radius 2 is 1.41 bits per heavy atom. The maximum atomic E-state index is 14.1. The Labute approximate surface area is 381 Å². The molecule has 0 aliphatic rings. The molecule has 1 aromatic carbocycles. The number of allylic oxidation sites excluding steroid dienone is 2. The van der Waals surface area contributed by atoms with E-state index in [2.05, 4.69) is 10.6 Å². The minimum atomic E-state index is -1.19. The highest BCUT2D eigenvalue weighted by Gasteiger charge is 2.36. The molecule has 0 bridgehead atoms. The summed E-state index contributed by atoms with van der Waals surface area (Å²) in [5.41, 5.74) is 1.39. The van der Waals surface area contributed by atoms with Gasteiger partial charge in [0, 0.05) is 38.2 Å². The molecule has 63 heavy (non-hydrogen) atoms. The maximum absolute atomic E-state index is 14.1. The molecule has 0 saturated carbocycles. The Morgan fingerprint density at radius 3 is 1.90 bits per heavy atom. The van der Waals surface area contributed by atoms with Crippen molar-refractivity contribution in [2.75, 3.05) is 27.7 Å². The lowest BCUT2D eigenvalue weighted by molar-refractivity contribution is -0.159. The molecule has 0 aromatic heterocycles. The maximum Gasteiger partial charge on any atom is 0.326 e. The topological polar surface area (TPSA) is 183 Å². The zero-order valence-corrected chi connectivity index (χ0v) is 41.4. The molecule has 14 nitrogen and oxygen atoms in total. The number of hydrogen-bond donors (Lipinski definition) is 3. The quantitative estimate of drug-likeness (QED) is 0.0612. The fraction of sp³-hybridized carbons (Fsp3) is 0.646. The number of carbonyl (C=O) groups excluding carboxylic acids is 6. The van der Waals surface area contributed by atoms with Crippen LogP contribution in [0.3, 0.4) is 0 Å². The Hall–Kier alpha value is -4.72. The highest BCUT2D eigenvalue weighted by atomic mass is 35.5. The van der Waals surface area contributed by atoms with E-state index in [-0.39, 0.29) is 42.0 Å². The third-order valence-corrected chi connectivity index (χ3v) is 12.0. The Bertz CT molecular complexity index is 1810. The van der Waals surface area contributed by atoms with Crippen LogP contribution in [0.5, 0.6) is 0 Å². The minimum absolute atomic E-state index is 0.00233. The van der Waals surface area contributed by atoms with Crippen LogP contribution in [0.15, 0.2) is 47.6 Å². The summed E-state index contributed by atoms with van der Waals surface area (Å²) in [5, 5.41) is 15.4. The van der Waals surface area contributed by atoms with Gasteiger partial charge in [0.15, 0.2) is 0 Å². The number of likely N-dealkylation sites (N-methyl/N-ethyl adjacent to an activating group) is 3. The molecule has 3 N–H and O–H groups in total. The molecule has 0 aliphatic carbocycles. The number of benzene rings is 1. The first-order valence-corrected chi connectivity index (χ1v) is 22.3. The number of esters is 1. The van der Waals surface area contributed by atoms with Gasteiger partial charge in [-0.05, 0) is 108 Å². The number of carboxylic acid groups (broad SMARTS) is 1. The SMILES string of the molecule is C/C=C(\C)[C@@H](OC(=O)C(C)(C)C)[C@@H](C)[C@@H](C)C/C=C(\C)C(=O)N(C)[C@H](CC(C)C)C(=O)N[C@@H](C)C(=O)N(C)[C@H](Cc1ccc(Cl)cc1)C(=O)N(C)CC(=O)NC(C(=O)O)[C@@H](C)CC. The largest absolute Gasteiger partial charge is 0.480 e. The summed E-state index contributed by atoms with van der Waals surface area (Å²) in [4.78, 5) is 97.4. The second kappa shape index (κ2) is 25.5. The first-order valence-electron chi connectivity index (χ1n) is 22.0. The zero-order valence-electron chi connectivity index (χ0n) is 40.6. The van der Waals surface area contributed by atoms with Crippen molar-refractivity contribution in [2.45, 2.75) is 146 Å². The summed E-state index contributed by atoms with van der Waals surface area (Å²) in [6.07, 6.45) is 4.72. The summed E-state index contributed by atoms with van der Waals surface area (Å²) in [7, 11) is 4.39.